The van der Waals surface area contributed by atoms with Crippen molar-refractivity contribution >= 4 is 22.7 Å². The first-order valence-electron chi connectivity index (χ1n) is 7.03. The summed E-state index contributed by atoms with van der Waals surface area (Å²) in [4.78, 5) is 11.6. The van der Waals surface area contributed by atoms with Crippen molar-refractivity contribution in [3.8, 4) is 0 Å². The largest absolute Gasteiger partial charge is 0.303 e. The molecule has 0 fully saturated rings. The van der Waals surface area contributed by atoms with E-state index in [2.05, 4.69) is 49.9 Å². The zero-order valence-electron chi connectivity index (χ0n) is 12.9. The van der Waals surface area contributed by atoms with Crippen molar-refractivity contribution in [2.45, 2.75) is 59.0 Å². The van der Waals surface area contributed by atoms with Gasteiger partial charge in [0.1, 0.15) is 5.01 Å². The van der Waals surface area contributed by atoms with Gasteiger partial charge in [0.25, 0.3) is 0 Å². The molecule has 1 N–H and O–H groups in total. The Morgan fingerprint density at radius 1 is 1.15 bits per heavy atom. The van der Waals surface area contributed by atoms with E-state index in [-0.39, 0.29) is 5.41 Å². The van der Waals surface area contributed by atoms with Gasteiger partial charge in [-0.05, 0) is 13.3 Å². The van der Waals surface area contributed by atoms with E-state index in [9.17, 15) is 0 Å². The minimum absolute atomic E-state index is 0.139. The van der Waals surface area contributed by atoms with Crippen LogP contribution in [0, 0.1) is 0 Å². The predicted octanol–water partition coefficient (Wildman–Crippen LogP) is 4.31. The second-order valence-corrected chi connectivity index (χ2v) is 8.26. The number of hydrogen-bond donors (Lipinski definition) is 1. The zero-order chi connectivity index (χ0) is 14.8. The molecule has 2 rings (SSSR count). The van der Waals surface area contributed by atoms with Crippen LogP contribution in [0.4, 0.5) is 0 Å². The molecule has 2 heterocycles. The summed E-state index contributed by atoms with van der Waals surface area (Å²) in [6.07, 6.45) is 5.04. The minimum atomic E-state index is 0.139. The molecule has 3 nitrogen and oxygen atoms in total. The average Bonchev–Trinajstić information content (AvgIpc) is 3.04. The van der Waals surface area contributed by atoms with Gasteiger partial charge in [0, 0.05) is 34.1 Å². The Labute approximate surface area is 129 Å². The van der Waals surface area contributed by atoms with Crippen LogP contribution in [0.1, 0.15) is 60.4 Å². The van der Waals surface area contributed by atoms with E-state index in [0.717, 1.165) is 13.0 Å². The molecule has 110 valence electrons. The Bertz CT molecular complexity index is 551. The van der Waals surface area contributed by atoms with Crippen LogP contribution in [0.3, 0.4) is 0 Å². The van der Waals surface area contributed by atoms with Crippen molar-refractivity contribution in [3.05, 3.63) is 32.2 Å². The predicted molar refractivity (Wildman–Crippen MR) is 87.6 cm³/mol. The van der Waals surface area contributed by atoms with Crippen molar-refractivity contribution in [2.75, 3.05) is 0 Å². The number of nitrogens with one attached hydrogen (secondary N) is 1. The van der Waals surface area contributed by atoms with E-state index in [1.165, 1.54) is 19.8 Å². The van der Waals surface area contributed by atoms with Crippen molar-refractivity contribution in [3.63, 3.8) is 0 Å². The molecule has 0 aliphatic carbocycles. The number of nitrogens with zero attached hydrogens (tertiary/aromatic N) is 2. The molecule has 0 radical (unpaired) electrons. The second kappa shape index (κ2) is 6.33. The van der Waals surface area contributed by atoms with E-state index in [4.69, 9.17) is 0 Å². The summed E-state index contributed by atoms with van der Waals surface area (Å²) in [7, 11) is 0. The quantitative estimate of drug-likeness (QED) is 0.894. The van der Waals surface area contributed by atoms with Gasteiger partial charge in [0.2, 0.25) is 0 Å². The summed E-state index contributed by atoms with van der Waals surface area (Å²) in [6.45, 7) is 11.8. The van der Waals surface area contributed by atoms with Gasteiger partial charge in [0.05, 0.1) is 11.0 Å². The highest BCUT2D eigenvalue weighted by atomic mass is 32.1. The first-order chi connectivity index (χ1) is 9.40. The summed E-state index contributed by atoms with van der Waals surface area (Å²) in [5.74, 6) is 0. The first-order valence-corrected chi connectivity index (χ1v) is 8.66. The van der Waals surface area contributed by atoms with Crippen LogP contribution in [0.2, 0.25) is 0 Å². The Hall–Kier alpha value is -0.780. The smallest absolute Gasteiger partial charge is 0.109 e. The maximum atomic E-state index is 4.52. The molecular formula is C15H23N3S2. The number of thiazole rings is 2. The lowest BCUT2D eigenvalue weighted by Crippen LogP contribution is -2.17. The van der Waals surface area contributed by atoms with Gasteiger partial charge in [0.15, 0.2) is 0 Å². The fourth-order valence-corrected chi connectivity index (χ4v) is 3.57. The third-order valence-electron chi connectivity index (χ3n) is 3.07. The van der Waals surface area contributed by atoms with Crippen LogP contribution >= 0.6 is 22.7 Å². The van der Waals surface area contributed by atoms with Crippen molar-refractivity contribution in [2.24, 2.45) is 0 Å². The highest BCUT2D eigenvalue weighted by Crippen LogP contribution is 2.27. The summed E-state index contributed by atoms with van der Waals surface area (Å²) < 4.78 is 0. The van der Waals surface area contributed by atoms with Crippen molar-refractivity contribution in [1.29, 1.82) is 0 Å². The Morgan fingerprint density at radius 3 is 2.40 bits per heavy atom. The molecule has 20 heavy (non-hydrogen) atoms. The highest BCUT2D eigenvalue weighted by molar-refractivity contribution is 7.12. The minimum Gasteiger partial charge on any atom is -0.303 e. The van der Waals surface area contributed by atoms with Gasteiger partial charge >= 0.3 is 0 Å². The van der Waals surface area contributed by atoms with Crippen LogP contribution < -0.4 is 5.32 Å². The molecule has 0 aliphatic rings. The van der Waals surface area contributed by atoms with Crippen molar-refractivity contribution in [1.82, 2.24) is 15.3 Å². The zero-order valence-corrected chi connectivity index (χ0v) is 14.5. The molecule has 2 aromatic heterocycles. The summed E-state index contributed by atoms with van der Waals surface area (Å²) in [5.41, 5.74) is 0.139. The van der Waals surface area contributed by atoms with Crippen LogP contribution in [0.25, 0.3) is 0 Å². The number of rotatable bonds is 5. The summed E-state index contributed by atoms with van der Waals surface area (Å²) in [5, 5.41) is 5.90. The Kier molecular flexibility index (Phi) is 4.94. The number of aromatic nitrogens is 2. The van der Waals surface area contributed by atoms with E-state index in [0.29, 0.717) is 6.04 Å². The lowest BCUT2D eigenvalue weighted by molar-refractivity contribution is 0.575. The average molecular weight is 310 g/mol. The third kappa shape index (κ3) is 3.87. The van der Waals surface area contributed by atoms with Crippen LogP contribution in [0.5, 0.6) is 0 Å². The molecule has 0 amide bonds. The molecule has 1 unspecified atom stereocenters. The standard InChI is InChI=1S/C15H23N3S2/c1-6-11-7-17-13(19-11)10(2)16-8-12-9-18-14(20-12)15(3,4)5/h7,9-10,16H,6,8H2,1-5H3. The first kappa shape index (κ1) is 15.6. The summed E-state index contributed by atoms with van der Waals surface area (Å²) in [6, 6.07) is 0.292. The van der Waals surface area contributed by atoms with Gasteiger partial charge in [-0.3, -0.25) is 0 Å². The molecule has 0 aromatic carbocycles. The third-order valence-corrected chi connectivity index (χ3v) is 5.82. The molecular weight excluding hydrogens is 286 g/mol. The molecule has 0 saturated carbocycles. The van der Waals surface area contributed by atoms with Crippen LogP contribution in [-0.4, -0.2) is 9.97 Å². The van der Waals surface area contributed by atoms with E-state index >= 15 is 0 Å². The fraction of sp³-hybridized carbons (Fsp3) is 0.600. The molecule has 2 aromatic rings. The molecule has 1 atom stereocenters. The lowest BCUT2D eigenvalue weighted by atomic mass is 9.98. The SMILES string of the molecule is CCc1cnc(C(C)NCc2cnc(C(C)(C)C)s2)s1. The van der Waals surface area contributed by atoms with Crippen LogP contribution in [-0.2, 0) is 18.4 Å². The van der Waals surface area contributed by atoms with Gasteiger partial charge < -0.3 is 5.32 Å². The van der Waals surface area contributed by atoms with Gasteiger partial charge in [-0.25, -0.2) is 9.97 Å². The Morgan fingerprint density at radius 2 is 1.85 bits per heavy atom. The molecule has 0 bridgehead atoms. The van der Waals surface area contributed by atoms with Crippen molar-refractivity contribution < 1.29 is 0 Å². The normalized spacial score (nSPS) is 13.7. The number of aryl methyl sites for hydroxylation is 1. The maximum Gasteiger partial charge on any atom is 0.109 e. The topological polar surface area (TPSA) is 37.8 Å². The van der Waals surface area contributed by atoms with Gasteiger partial charge in [-0.2, -0.15) is 0 Å². The van der Waals surface area contributed by atoms with E-state index in [1.54, 1.807) is 22.7 Å². The number of hydrogen-bond acceptors (Lipinski definition) is 5. The fourth-order valence-electron chi connectivity index (χ4n) is 1.76. The monoisotopic (exact) mass is 309 g/mol. The molecule has 0 aliphatic heterocycles. The second-order valence-electron chi connectivity index (χ2n) is 6.00. The van der Waals surface area contributed by atoms with E-state index < -0.39 is 0 Å². The molecule has 5 heteroatoms. The Balaban J connectivity index is 1.93. The molecule has 0 saturated heterocycles. The lowest BCUT2D eigenvalue weighted by Gasteiger charge is -2.13. The summed E-state index contributed by atoms with van der Waals surface area (Å²) >= 11 is 3.60. The van der Waals surface area contributed by atoms with Gasteiger partial charge in [-0.15, -0.1) is 22.7 Å². The van der Waals surface area contributed by atoms with Crippen LogP contribution in [0.15, 0.2) is 12.4 Å². The highest BCUT2D eigenvalue weighted by Gasteiger charge is 2.18. The van der Waals surface area contributed by atoms with Gasteiger partial charge in [-0.1, -0.05) is 27.7 Å². The van der Waals surface area contributed by atoms with E-state index in [1.807, 2.05) is 12.4 Å². The maximum absolute atomic E-state index is 4.52. The molecule has 0 spiro atoms.